The molecule has 2 aromatic rings. The molecule has 3 atom stereocenters. The van der Waals surface area contributed by atoms with E-state index in [9.17, 15) is 5.11 Å². The lowest BCUT2D eigenvalue weighted by atomic mass is 10.0. The third kappa shape index (κ3) is 2.12. The van der Waals surface area contributed by atoms with Gasteiger partial charge in [0.1, 0.15) is 23.4 Å². The van der Waals surface area contributed by atoms with Crippen molar-refractivity contribution in [1.82, 2.24) is 4.98 Å². The Morgan fingerprint density at radius 1 is 1.42 bits per heavy atom. The summed E-state index contributed by atoms with van der Waals surface area (Å²) in [5, 5.41) is 10.4. The summed E-state index contributed by atoms with van der Waals surface area (Å²) in [6, 6.07) is 5.62. The van der Waals surface area contributed by atoms with Gasteiger partial charge in [0.15, 0.2) is 0 Å². The zero-order valence-electron chi connectivity index (χ0n) is 11.1. The first kappa shape index (κ1) is 12.2. The van der Waals surface area contributed by atoms with Crippen molar-refractivity contribution >= 4 is 5.82 Å². The second-order valence-corrected chi connectivity index (χ2v) is 5.39. The highest BCUT2D eigenvalue weighted by molar-refractivity contribution is 5.47. The lowest BCUT2D eigenvalue weighted by molar-refractivity contribution is 0.186. The summed E-state index contributed by atoms with van der Waals surface area (Å²) >= 11 is 0. The Kier molecular flexibility index (Phi) is 2.82. The molecule has 100 valence electrons. The molecule has 1 fully saturated rings. The van der Waals surface area contributed by atoms with Gasteiger partial charge in [-0.2, -0.15) is 0 Å². The number of rotatable bonds is 3. The number of anilines is 1. The van der Waals surface area contributed by atoms with Gasteiger partial charge in [-0.1, -0.05) is 6.92 Å². The lowest BCUT2D eigenvalue weighted by Gasteiger charge is -2.13. The van der Waals surface area contributed by atoms with E-state index in [0.717, 1.165) is 17.7 Å². The molecule has 0 aromatic carbocycles. The predicted molar refractivity (Wildman–Crippen MR) is 72.7 cm³/mol. The standard InChI is InChI=1S/C15H18N2O2/c1-8-5-6-17-15(16)13(8)14(18)12-4-3-11(19-12)10-7-9(10)2/h3-6,9-10,14,18H,7H2,1-2H3,(H2,16,17). The maximum atomic E-state index is 10.4. The molecular weight excluding hydrogens is 240 g/mol. The molecule has 2 aromatic heterocycles. The van der Waals surface area contributed by atoms with Crippen molar-refractivity contribution in [3.63, 3.8) is 0 Å². The Bertz CT molecular complexity index is 586. The molecule has 0 saturated heterocycles. The molecule has 4 heteroatoms. The number of aryl methyl sites for hydroxylation is 1. The van der Waals surface area contributed by atoms with E-state index < -0.39 is 6.10 Å². The van der Waals surface area contributed by atoms with Gasteiger partial charge in [0, 0.05) is 17.7 Å². The topological polar surface area (TPSA) is 72.3 Å². The van der Waals surface area contributed by atoms with Gasteiger partial charge in [0.2, 0.25) is 0 Å². The quantitative estimate of drug-likeness (QED) is 0.888. The number of nitrogen functional groups attached to an aromatic ring is 1. The molecule has 0 amide bonds. The number of furan rings is 1. The van der Waals surface area contributed by atoms with Gasteiger partial charge < -0.3 is 15.3 Å². The van der Waals surface area contributed by atoms with Crippen LogP contribution in [0.25, 0.3) is 0 Å². The van der Waals surface area contributed by atoms with Crippen LogP contribution in [-0.4, -0.2) is 10.1 Å². The number of aromatic nitrogens is 1. The zero-order chi connectivity index (χ0) is 13.6. The second kappa shape index (κ2) is 4.38. The van der Waals surface area contributed by atoms with Crippen molar-refractivity contribution in [2.45, 2.75) is 32.3 Å². The van der Waals surface area contributed by atoms with Crippen LogP contribution >= 0.6 is 0 Å². The first-order valence-electron chi connectivity index (χ1n) is 6.56. The fourth-order valence-electron chi connectivity index (χ4n) is 2.52. The molecule has 0 aliphatic heterocycles. The molecule has 1 aliphatic carbocycles. The van der Waals surface area contributed by atoms with Crippen LogP contribution in [-0.2, 0) is 0 Å². The molecule has 3 unspecified atom stereocenters. The second-order valence-electron chi connectivity index (χ2n) is 5.39. The van der Waals surface area contributed by atoms with E-state index in [4.69, 9.17) is 10.2 Å². The van der Waals surface area contributed by atoms with Crippen LogP contribution in [0.15, 0.2) is 28.8 Å². The smallest absolute Gasteiger partial charge is 0.140 e. The minimum atomic E-state index is -0.850. The fraction of sp³-hybridized carbons (Fsp3) is 0.400. The summed E-state index contributed by atoms with van der Waals surface area (Å²) in [6.45, 7) is 4.11. The highest BCUT2D eigenvalue weighted by Crippen LogP contribution is 2.48. The van der Waals surface area contributed by atoms with Gasteiger partial charge in [0.25, 0.3) is 0 Å². The van der Waals surface area contributed by atoms with Crippen LogP contribution in [0.3, 0.4) is 0 Å². The summed E-state index contributed by atoms with van der Waals surface area (Å²) < 4.78 is 5.77. The van der Waals surface area contributed by atoms with Crippen LogP contribution in [0.5, 0.6) is 0 Å². The Hall–Kier alpha value is -1.81. The first-order valence-corrected chi connectivity index (χ1v) is 6.56. The summed E-state index contributed by atoms with van der Waals surface area (Å²) in [5.41, 5.74) is 7.39. The minimum absolute atomic E-state index is 0.352. The van der Waals surface area contributed by atoms with Gasteiger partial charge in [0.05, 0.1) is 0 Å². The number of nitrogens with two attached hydrogens (primary N) is 1. The number of pyridine rings is 1. The summed E-state index contributed by atoms with van der Waals surface area (Å²) in [5.74, 6) is 3.04. The monoisotopic (exact) mass is 258 g/mol. The number of hydrogen-bond acceptors (Lipinski definition) is 4. The SMILES string of the molecule is Cc1ccnc(N)c1C(O)c1ccc(C2CC2C)o1. The van der Waals surface area contributed by atoms with Crippen LogP contribution < -0.4 is 5.73 Å². The van der Waals surface area contributed by atoms with E-state index in [-0.39, 0.29) is 0 Å². The largest absolute Gasteiger partial charge is 0.463 e. The van der Waals surface area contributed by atoms with Gasteiger partial charge in [-0.15, -0.1) is 0 Å². The number of nitrogens with zero attached hydrogens (tertiary/aromatic N) is 1. The molecule has 0 spiro atoms. The third-order valence-electron chi connectivity index (χ3n) is 3.90. The maximum Gasteiger partial charge on any atom is 0.140 e. The molecule has 4 nitrogen and oxygen atoms in total. The zero-order valence-corrected chi connectivity index (χ0v) is 11.1. The van der Waals surface area contributed by atoms with Crippen molar-refractivity contribution < 1.29 is 9.52 Å². The molecular formula is C15H18N2O2. The average Bonchev–Trinajstić information content (AvgIpc) is 2.91. The van der Waals surface area contributed by atoms with Crippen molar-refractivity contribution in [2.24, 2.45) is 5.92 Å². The van der Waals surface area contributed by atoms with Crippen LogP contribution in [0.1, 0.15) is 48.0 Å². The molecule has 19 heavy (non-hydrogen) atoms. The molecule has 0 radical (unpaired) electrons. The van der Waals surface area contributed by atoms with Gasteiger partial charge in [-0.3, -0.25) is 0 Å². The van der Waals surface area contributed by atoms with E-state index in [0.29, 0.717) is 29.0 Å². The van der Waals surface area contributed by atoms with Crippen LogP contribution in [0.4, 0.5) is 5.82 Å². The highest BCUT2D eigenvalue weighted by atomic mass is 16.4. The summed E-state index contributed by atoms with van der Waals surface area (Å²) in [4.78, 5) is 4.03. The van der Waals surface area contributed by atoms with Gasteiger partial charge in [-0.25, -0.2) is 4.98 Å². The summed E-state index contributed by atoms with van der Waals surface area (Å²) in [7, 11) is 0. The summed E-state index contributed by atoms with van der Waals surface area (Å²) in [6.07, 6.45) is 1.95. The average molecular weight is 258 g/mol. The van der Waals surface area contributed by atoms with Crippen molar-refractivity contribution in [2.75, 3.05) is 5.73 Å². The Balaban J connectivity index is 1.91. The number of hydrogen-bond donors (Lipinski definition) is 2. The normalized spacial score (nSPS) is 23.3. The Labute approximate surface area is 112 Å². The fourth-order valence-corrected chi connectivity index (χ4v) is 2.52. The van der Waals surface area contributed by atoms with Gasteiger partial charge >= 0.3 is 0 Å². The molecule has 3 rings (SSSR count). The lowest BCUT2D eigenvalue weighted by Crippen LogP contribution is -2.06. The first-order chi connectivity index (χ1) is 9.08. The Morgan fingerprint density at radius 2 is 2.16 bits per heavy atom. The van der Waals surface area contributed by atoms with Crippen molar-refractivity contribution in [1.29, 1.82) is 0 Å². The maximum absolute atomic E-state index is 10.4. The van der Waals surface area contributed by atoms with Crippen LogP contribution in [0, 0.1) is 12.8 Å². The Morgan fingerprint density at radius 3 is 2.79 bits per heavy atom. The number of aliphatic hydroxyl groups excluding tert-OH is 1. The van der Waals surface area contributed by atoms with Crippen molar-refractivity contribution in [3.05, 3.63) is 47.0 Å². The molecule has 1 aliphatic rings. The highest BCUT2D eigenvalue weighted by Gasteiger charge is 2.37. The van der Waals surface area contributed by atoms with Crippen LogP contribution in [0.2, 0.25) is 0 Å². The molecule has 1 saturated carbocycles. The predicted octanol–water partition coefficient (Wildman–Crippen LogP) is 2.77. The van der Waals surface area contributed by atoms with E-state index >= 15 is 0 Å². The van der Waals surface area contributed by atoms with Gasteiger partial charge in [-0.05, 0) is 43.0 Å². The molecule has 0 bridgehead atoms. The van der Waals surface area contributed by atoms with E-state index in [1.165, 1.54) is 0 Å². The molecule has 3 N–H and O–H groups in total. The van der Waals surface area contributed by atoms with E-state index in [1.807, 2.05) is 25.1 Å². The van der Waals surface area contributed by atoms with E-state index in [2.05, 4.69) is 11.9 Å². The third-order valence-corrected chi connectivity index (χ3v) is 3.90. The molecule has 2 heterocycles. The van der Waals surface area contributed by atoms with E-state index in [1.54, 1.807) is 6.20 Å². The number of aliphatic hydroxyl groups is 1. The van der Waals surface area contributed by atoms with Crippen molar-refractivity contribution in [3.8, 4) is 0 Å². The minimum Gasteiger partial charge on any atom is -0.463 e.